The number of fused-ring (bicyclic) bond motifs is 5. The van der Waals surface area contributed by atoms with E-state index in [1.54, 1.807) is 0 Å². The fraction of sp³-hybridized carbons (Fsp3) is 0.233. The molecule has 37 heavy (non-hydrogen) atoms. The molecular formula is C30H26N4O3. The lowest BCUT2D eigenvalue weighted by molar-refractivity contribution is -0.130. The second kappa shape index (κ2) is 7.63. The number of hydrogen-bond acceptors (Lipinski definition) is 4. The summed E-state index contributed by atoms with van der Waals surface area (Å²) in [6.45, 7) is 3.96. The normalized spacial score (nSPS) is 26.3. The predicted molar refractivity (Wildman–Crippen MR) is 141 cm³/mol. The van der Waals surface area contributed by atoms with Crippen LogP contribution in [0.3, 0.4) is 0 Å². The Balaban J connectivity index is 1.38. The maximum atomic E-state index is 14.1. The number of carbonyl (C=O) groups is 3. The average Bonchev–Trinajstić information content (AvgIpc) is 3.60. The van der Waals surface area contributed by atoms with Crippen LogP contribution in [0.2, 0.25) is 0 Å². The first-order chi connectivity index (χ1) is 17.9. The first-order valence-corrected chi connectivity index (χ1v) is 12.6. The van der Waals surface area contributed by atoms with Gasteiger partial charge in [-0.2, -0.15) is 0 Å². The highest BCUT2D eigenvalue weighted by molar-refractivity contribution is 6.25. The Morgan fingerprint density at radius 3 is 2.51 bits per heavy atom. The predicted octanol–water partition coefficient (Wildman–Crippen LogP) is 3.95. The molecule has 3 aliphatic heterocycles. The van der Waals surface area contributed by atoms with E-state index in [0.717, 1.165) is 33.2 Å². The van der Waals surface area contributed by atoms with Crippen LogP contribution >= 0.6 is 0 Å². The van der Waals surface area contributed by atoms with Crippen molar-refractivity contribution in [2.45, 2.75) is 31.8 Å². The van der Waals surface area contributed by atoms with Gasteiger partial charge in [-0.05, 0) is 61.2 Å². The van der Waals surface area contributed by atoms with E-state index in [1.165, 1.54) is 4.90 Å². The molecule has 3 amide bonds. The third-order valence-corrected chi connectivity index (χ3v) is 8.49. The van der Waals surface area contributed by atoms with Gasteiger partial charge in [0.25, 0.3) is 0 Å². The van der Waals surface area contributed by atoms with Gasteiger partial charge in [0.05, 0.1) is 17.5 Å². The van der Waals surface area contributed by atoms with Crippen molar-refractivity contribution in [1.29, 1.82) is 0 Å². The third-order valence-electron chi connectivity index (χ3n) is 8.49. The Morgan fingerprint density at radius 2 is 1.68 bits per heavy atom. The summed E-state index contributed by atoms with van der Waals surface area (Å²) in [7, 11) is 0. The molecule has 1 spiro atoms. The number of carbonyl (C=O) groups excluding carboxylic acids is 3. The quantitative estimate of drug-likeness (QED) is 0.379. The number of nitrogens with zero attached hydrogens (tertiary/aromatic N) is 1. The number of aromatic nitrogens is 1. The van der Waals surface area contributed by atoms with E-state index in [2.05, 4.69) is 15.6 Å². The number of rotatable bonds is 3. The SMILES string of the molecule is Cc1ccc(N2C(=O)[C@@H]3[C@H](Cc4c[nH]c5ccccc45)N[C@@]4(C(=O)Nc5ccccc54)[C@@H]3C2=O)cc1C. The molecule has 4 heterocycles. The van der Waals surface area contributed by atoms with Gasteiger partial charge < -0.3 is 10.3 Å². The van der Waals surface area contributed by atoms with Crippen LogP contribution in [-0.2, 0) is 26.3 Å². The van der Waals surface area contributed by atoms with Crippen molar-refractivity contribution in [3.63, 3.8) is 0 Å². The van der Waals surface area contributed by atoms with Gasteiger partial charge in [-0.1, -0.05) is 42.5 Å². The zero-order valence-electron chi connectivity index (χ0n) is 20.5. The van der Waals surface area contributed by atoms with E-state index in [-0.39, 0.29) is 17.7 Å². The standard InChI is InChI=1S/C30H26N4O3/c1-16-11-12-19(13-17(16)2)34-27(35)25-24(14-18-15-31-22-9-5-3-7-20(18)22)33-30(26(25)28(34)36)21-8-4-6-10-23(21)32-29(30)37/h3-13,15,24-26,31,33H,14H2,1-2H3,(H,32,37)/t24-,25+,26-,30+/m0/s1. The molecule has 4 aromatic rings. The van der Waals surface area contributed by atoms with Crippen molar-refractivity contribution < 1.29 is 14.4 Å². The zero-order chi connectivity index (χ0) is 25.5. The van der Waals surface area contributed by atoms with Crippen LogP contribution in [0.5, 0.6) is 0 Å². The number of para-hydroxylation sites is 2. The van der Waals surface area contributed by atoms with E-state index in [1.807, 2.05) is 86.8 Å². The van der Waals surface area contributed by atoms with Crippen LogP contribution in [0.15, 0.2) is 72.9 Å². The van der Waals surface area contributed by atoms with Crippen LogP contribution in [0.25, 0.3) is 10.9 Å². The Bertz CT molecular complexity index is 1640. The number of imide groups is 1. The Hall–Kier alpha value is -4.23. The minimum absolute atomic E-state index is 0.260. The molecule has 3 aliphatic rings. The van der Waals surface area contributed by atoms with Crippen LogP contribution in [0.1, 0.15) is 22.3 Å². The molecule has 2 fully saturated rings. The molecule has 3 aromatic carbocycles. The summed E-state index contributed by atoms with van der Waals surface area (Å²) in [4.78, 5) is 46.5. The molecule has 2 saturated heterocycles. The first-order valence-electron chi connectivity index (χ1n) is 12.6. The maximum Gasteiger partial charge on any atom is 0.250 e. The van der Waals surface area contributed by atoms with E-state index >= 15 is 0 Å². The highest BCUT2D eigenvalue weighted by Gasteiger charge is 2.70. The molecule has 1 aromatic heterocycles. The van der Waals surface area contributed by atoms with Gasteiger partial charge in [-0.25, -0.2) is 4.90 Å². The number of aromatic amines is 1. The Kier molecular flexibility index (Phi) is 4.54. The third kappa shape index (κ3) is 2.89. The lowest BCUT2D eigenvalue weighted by Gasteiger charge is -2.29. The lowest BCUT2D eigenvalue weighted by atomic mass is 9.76. The van der Waals surface area contributed by atoms with Gasteiger partial charge in [-0.3, -0.25) is 19.7 Å². The molecule has 184 valence electrons. The van der Waals surface area contributed by atoms with Gasteiger partial charge in [0, 0.05) is 34.4 Å². The van der Waals surface area contributed by atoms with Crippen LogP contribution < -0.4 is 15.5 Å². The number of anilines is 2. The first kappa shape index (κ1) is 22.0. The number of nitrogens with one attached hydrogen (secondary N) is 3. The van der Waals surface area contributed by atoms with Crippen LogP contribution in [0, 0.1) is 25.7 Å². The summed E-state index contributed by atoms with van der Waals surface area (Å²) < 4.78 is 0. The summed E-state index contributed by atoms with van der Waals surface area (Å²) in [6, 6.07) is 20.7. The van der Waals surface area contributed by atoms with Gasteiger partial charge in [0.2, 0.25) is 17.7 Å². The highest BCUT2D eigenvalue weighted by atomic mass is 16.2. The van der Waals surface area contributed by atoms with E-state index in [9.17, 15) is 14.4 Å². The highest BCUT2D eigenvalue weighted by Crippen LogP contribution is 2.54. The van der Waals surface area contributed by atoms with Crippen molar-refractivity contribution in [2.75, 3.05) is 10.2 Å². The van der Waals surface area contributed by atoms with E-state index in [0.29, 0.717) is 17.8 Å². The minimum Gasteiger partial charge on any atom is -0.361 e. The van der Waals surface area contributed by atoms with Crippen molar-refractivity contribution in [3.8, 4) is 0 Å². The molecule has 0 unspecified atom stereocenters. The molecule has 7 heteroatoms. The van der Waals surface area contributed by atoms with E-state index in [4.69, 9.17) is 0 Å². The number of H-pyrrole nitrogens is 1. The molecule has 3 N–H and O–H groups in total. The average molecular weight is 491 g/mol. The van der Waals surface area contributed by atoms with Gasteiger partial charge in [0.1, 0.15) is 5.54 Å². The number of benzene rings is 3. The zero-order valence-corrected chi connectivity index (χ0v) is 20.5. The maximum absolute atomic E-state index is 14.1. The smallest absolute Gasteiger partial charge is 0.250 e. The van der Waals surface area contributed by atoms with Crippen molar-refractivity contribution in [2.24, 2.45) is 11.8 Å². The molecule has 4 atom stereocenters. The molecule has 7 rings (SSSR count). The fourth-order valence-corrected chi connectivity index (χ4v) is 6.59. The van der Waals surface area contributed by atoms with Crippen molar-refractivity contribution >= 4 is 40.0 Å². The van der Waals surface area contributed by atoms with Gasteiger partial charge in [0.15, 0.2) is 0 Å². The largest absolute Gasteiger partial charge is 0.361 e. The summed E-state index contributed by atoms with van der Waals surface area (Å²) >= 11 is 0. The fourth-order valence-electron chi connectivity index (χ4n) is 6.59. The van der Waals surface area contributed by atoms with Crippen LogP contribution in [-0.4, -0.2) is 28.7 Å². The molecule has 0 aliphatic carbocycles. The second-order valence-electron chi connectivity index (χ2n) is 10.4. The topological polar surface area (TPSA) is 94.3 Å². The summed E-state index contributed by atoms with van der Waals surface area (Å²) in [5.41, 5.74) is 4.79. The molecule has 7 nitrogen and oxygen atoms in total. The minimum atomic E-state index is -1.31. The second-order valence-corrected chi connectivity index (χ2v) is 10.4. The van der Waals surface area contributed by atoms with Crippen molar-refractivity contribution in [1.82, 2.24) is 10.3 Å². The summed E-state index contributed by atoms with van der Waals surface area (Å²) in [6.07, 6.45) is 2.46. The number of amides is 3. The monoisotopic (exact) mass is 490 g/mol. The number of hydrogen-bond donors (Lipinski definition) is 3. The van der Waals surface area contributed by atoms with Gasteiger partial charge in [-0.15, -0.1) is 0 Å². The molecule has 0 bridgehead atoms. The molecular weight excluding hydrogens is 464 g/mol. The molecule has 0 saturated carbocycles. The van der Waals surface area contributed by atoms with Crippen molar-refractivity contribution in [3.05, 3.63) is 95.2 Å². The summed E-state index contributed by atoms with van der Waals surface area (Å²) in [5.74, 6) is -2.41. The molecule has 0 radical (unpaired) electrons. The number of aryl methyl sites for hydroxylation is 2. The van der Waals surface area contributed by atoms with Gasteiger partial charge >= 0.3 is 0 Å². The Morgan fingerprint density at radius 1 is 0.892 bits per heavy atom. The summed E-state index contributed by atoms with van der Waals surface area (Å²) in [5, 5.41) is 7.58. The lowest BCUT2D eigenvalue weighted by Crippen LogP contribution is -2.53. The van der Waals surface area contributed by atoms with Crippen LogP contribution in [0.4, 0.5) is 11.4 Å². The Labute approximate surface area is 213 Å². The van der Waals surface area contributed by atoms with E-state index < -0.39 is 23.4 Å².